The van der Waals surface area contributed by atoms with Crippen molar-refractivity contribution in [1.82, 2.24) is 4.90 Å². The molecule has 19 heavy (non-hydrogen) atoms. The van der Waals surface area contributed by atoms with Gasteiger partial charge in [0, 0.05) is 18.0 Å². The van der Waals surface area contributed by atoms with E-state index in [-0.39, 0.29) is 12.6 Å². The van der Waals surface area contributed by atoms with Crippen molar-refractivity contribution in [3.8, 4) is 0 Å². The Labute approximate surface area is 112 Å². The molecular weight excluding hydrogens is 255 g/mol. The van der Waals surface area contributed by atoms with Crippen molar-refractivity contribution in [3.05, 3.63) is 0 Å². The fraction of sp³-hybridized carbons (Fsp3) is 0.929. The van der Waals surface area contributed by atoms with Crippen molar-refractivity contribution >= 4 is 6.29 Å². The summed E-state index contributed by atoms with van der Waals surface area (Å²) in [6.07, 6.45) is 1.92. The van der Waals surface area contributed by atoms with Gasteiger partial charge in [0.05, 0.1) is 6.54 Å². The summed E-state index contributed by atoms with van der Waals surface area (Å²) in [5.74, 6) is 0.436. The van der Waals surface area contributed by atoms with Gasteiger partial charge < -0.3 is 4.79 Å². The number of halogens is 3. The van der Waals surface area contributed by atoms with E-state index in [2.05, 4.69) is 6.92 Å². The minimum atomic E-state index is -4.17. The standard InChI is InChI=1S/C14H22F3NO/c1-11-3-2-6-13(7-11,10-19)8-18(12-4-5-12)9-14(15,16)17/h10-12H,2-9H2,1H3. The molecule has 0 aliphatic heterocycles. The zero-order chi connectivity index (χ0) is 14.1. The molecular formula is C14H22F3NO. The monoisotopic (exact) mass is 277 g/mol. The highest BCUT2D eigenvalue weighted by Gasteiger charge is 2.43. The van der Waals surface area contributed by atoms with E-state index in [1.807, 2.05) is 0 Å². The zero-order valence-corrected chi connectivity index (χ0v) is 11.4. The van der Waals surface area contributed by atoms with Crippen LogP contribution in [-0.2, 0) is 4.79 Å². The molecule has 0 aromatic rings. The van der Waals surface area contributed by atoms with E-state index in [0.717, 1.165) is 44.8 Å². The average Bonchev–Trinajstić information content (AvgIpc) is 3.10. The van der Waals surface area contributed by atoms with Crippen LogP contribution in [0.3, 0.4) is 0 Å². The van der Waals surface area contributed by atoms with E-state index in [1.165, 1.54) is 4.90 Å². The molecule has 2 rings (SSSR count). The van der Waals surface area contributed by atoms with Crippen molar-refractivity contribution in [2.24, 2.45) is 11.3 Å². The summed E-state index contributed by atoms with van der Waals surface area (Å²) in [6, 6.07) is 0.0377. The highest BCUT2D eigenvalue weighted by atomic mass is 19.4. The van der Waals surface area contributed by atoms with E-state index < -0.39 is 18.1 Å². The van der Waals surface area contributed by atoms with Gasteiger partial charge in [-0.2, -0.15) is 13.2 Å². The van der Waals surface area contributed by atoms with Crippen LogP contribution in [0.5, 0.6) is 0 Å². The van der Waals surface area contributed by atoms with Crippen LogP contribution in [0.15, 0.2) is 0 Å². The van der Waals surface area contributed by atoms with Crippen molar-refractivity contribution in [2.45, 2.75) is 57.7 Å². The van der Waals surface area contributed by atoms with Crippen LogP contribution in [-0.4, -0.2) is 36.5 Å². The number of aldehydes is 1. The fourth-order valence-electron chi connectivity index (χ4n) is 3.38. The third kappa shape index (κ3) is 4.20. The first-order chi connectivity index (χ1) is 8.84. The Kier molecular flexibility index (Phi) is 4.23. The van der Waals surface area contributed by atoms with Crippen molar-refractivity contribution < 1.29 is 18.0 Å². The molecule has 2 aliphatic rings. The molecule has 0 radical (unpaired) electrons. The van der Waals surface area contributed by atoms with E-state index in [1.54, 1.807) is 0 Å². The van der Waals surface area contributed by atoms with Gasteiger partial charge >= 0.3 is 6.18 Å². The highest BCUT2D eigenvalue weighted by Crippen LogP contribution is 2.41. The first-order valence-electron chi connectivity index (χ1n) is 7.11. The summed E-state index contributed by atoms with van der Waals surface area (Å²) in [5.41, 5.74) is -0.550. The first-order valence-corrected chi connectivity index (χ1v) is 7.11. The van der Waals surface area contributed by atoms with E-state index in [4.69, 9.17) is 0 Å². The van der Waals surface area contributed by atoms with Gasteiger partial charge in [-0.3, -0.25) is 4.90 Å². The molecule has 0 bridgehead atoms. The van der Waals surface area contributed by atoms with Gasteiger partial charge in [0.25, 0.3) is 0 Å². The molecule has 2 aliphatic carbocycles. The topological polar surface area (TPSA) is 20.3 Å². The van der Waals surface area contributed by atoms with Crippen LogP contribution >= 0.6 is 0 Å². The molecule has 5 heteroatoms. The zero-order valence-electron chi connectivity index (χ0n) is 11.4. The highest BCUT2D eigenvalue weighted by molar-refractivity contribution is 5.60. The number of nitrogens with zero attached hydrogens (tertiary/aromatic N) is 1. The Hall–Kier alpha value is -0.580. The molecule has 0 saturated heterocycles. The second-order valence-electron chi connectivity index (χ2n) is 6.43. The predicted molar refractivity (Wildman–Crippen MR) is 66.8 cm³/mol. The summed E-state index contributed by atoms with van der Waals surface area (Å²) in [7, 11) is 0. The van der Waals surface area contributed by atoms with E-state index in [9.17, 15) is 18.0 Å². The van der Waals surface area contributed by atoms with Gasteiger partial charge in [0.15, 0.2) is 0 Å². The van der Waals surface area contributed by atoms with E-state index in [0.29, 0.717) is 5.92 Å². The molecule has 0 spiro atoms. The van der Waals surface area contributed by atoms with Crippen molar-refractivity contribution in [2.75, 3.05) is 13.1 Å². The van der Waals surface area contributed by atoms with Crippen LogP contribution in [0.2, 0.25) is 0 Å². The number of alkyl halides is 3. The number of carbonyl (C=O) groups excluding carboxylic acids is 1. The Morgan fingerprint density at radius 2 is 2.00 bits per heavy atom. The fourth-order valence-corrected chi connectivity index (χ4v) is 3.38. The molecule has 0 heterocycles. The summed E-state index contributed by atoms with van der Waals surface area (Å²) < 4.78 is 37.9. The second-order valence-corrected chi connectivity index (χ2v) is 6.43. The van der Waals surface area contributed by atoms with Crippen molar-refractivity contribution in [1.29, 1.82) is 0 Å². The maximum atomic E-state index is 12.6. The summed E-state index contributed by atoms with van der Waals surface area (Å²) >= 11 is 0. The summed E-state index contributed by atoms with van der Waals surface area (Å²) in [4.78, 5) is 13.0. The number of carbonyl (C=O) groups is 1. The van der Waals surface area contributed by atoms with Crippen molar-refractivity contribution in [3.63, 3.8) is 0 Å². The number of rotatable bonds is 5. The summed E-state index contributed by atoms with van der Waals surface area (Å²) in [6.45, 7) is 1.50. The third-order valence-corrected chi connectivity index (χ3v) is 4.34. The Balaban J connectivity index is 2.03. The van der Waals surface area contributed by atoms with Crippen LogP contribution < -0.4 is 0 Å². The smallest absolute Gasteiger partial charge is 0.303 e. The molecule has 0 aromatic carbocycles. The lowest BCUT2D eigenvalue weighted by Crippen LogP contribution is -2.46. The van der Waals surface area contributed by atoms with Crippen LogP contribution in [0.4, 0.5) is 13.2 Å². The molecule has 2 unspecified atom stereocenters. The quantitative estimate of drug-likeness (QED) is 0.718. The molecule has 110 valence electrons. The maximum absolute atomic E-state index is 12.6. The molecule has 2 atom stereocenters. The molecule has 0 N–H and O–H groups in total. The molecule has 0 amide bonds. The van der Waals surface area contributed by atoms with Gasteiger partial charge in [0.2, 0.25) is 0 Å². The lowest BCUT2D eigenvalue weighted by molar-refractivity contribution is -0.153. The third-order valence-electron chi connectivity index (χ3n) is 4.34. The SMILES string of the molecule is CC1CCCC(C=O)(CN(CC(F)(F)F)C2CC2)C1. The molecule has 2 fully saturated rings. The van der Waals surface area contributed by atoms with Crippen LogP contribution in [0, 0.1) is 11.3 Å². The van der Waals surface area contributed by atoms with Gasteiger partial charge in [-0.05, 0) is 31.6 Å². The minimum Gasteiger partial charge on any atom is -0.303 e. The Morgan fingerprint density at radius 3 is 2.47 bits per heavy atom. The lowest BCUT2D eigenvalue weighted by atomic mass is 9.70. The Bertz CT molecular complexity index is 327. The molecule has 2 saturated carbocycles. The van der Waals surface area contributed by atoms with Gasteiger partial charge in [-0.15, -0.1) is 0 Å². The van der Waals surface area contributed by atoms with Gasteiger partial charge in [-0.1, -0.05) is 19.8 Å². The van der Waals surface area contributed by atoms with E-state index >= 15 is 0 Å². The van der Waals surface area contributed by atoms with Crippen LogP contribution in [0.25, 0.3) is 0 Å². The molecule has 0 aromatic heterocycles. The minimum absolute atomic E-state index is 0.0377. The average molecular weight is 277 g/mol. The second kappa shape index (κ2) is 5.43. The normalized spacial score (nSPS) is 32.6. The molecule has 2 nitrogen and oxygen atoms in total. The number of hydrogen-bond acceptors (Lipinski definition) is 2. The largest absolute Gasteiger partial charge is 0.401 e. The number of hydrogen-bond donors (Lipinski definition) is 0. The summed E-state index contributed by atoms with van der Waals surface area (Å²) in [5, 5.41) is 0. The van der Waals surface area contributed by atoms with Gasteiger partial charge in [-0.25, -0.2) is 0 Å². The maximum Gasteiger partial charge on any atom is 0.401 e. The lowest BCUT2D eigenvalue weighted by Gasteiger charge is -2.39. The van der Waals surface area contributed by atoms with Crippen LogP contribution in [0.1, 0.15) is 45.4 Å². The van der Waals surface area contributed by atoms with Gasteiger partial charge in [0.1, 0.15) is 6.29 Å². The first kappa shape index (κ1) is 14.8. The predicted octanol–water partition coefficient (Wildman–Crippen LogP) is 3.41. The Morgan fingerprint density at radius 1 is 1.32 bits per heavy atom.